The summed E-state index contributed by atoms with van der Waals surface area (Å²) < 4.78 is 4.15. The van der Waals surface area contributed by atoms with Gasteiger partial charge in [-0.3, -0.25) is 14.5 Å². The first-order valence-electron chi connectivity index (χ1n) is 14.1. The van der Waals surface area contributed by atoms with E-state index in [1.807, 2.05) is 29.1 Å². The van der Waals surface area contributed by atoms with Crippen LogP contribution < -0.4 is 14.9 Å². The Hall–Kier alpha value is -4.24. The molecule has 0 spiro atoms. The van der Waals surface area contributed by atoms with Crippen molar-refractivity contribution in [3.05, 3.63) is 101 Å². The summed E-state index contributed by atoms with van der Waals surface area (Å²) in [5, 5.41) is 17.5. The number of aliphatic imine (C=N–C) groups is 1. The van der Waals surface area contributed by atoms with Gasteiger partial charge in [0.15, 0.2) is 0 Å². The first-order chi connectivity index (χ1) is 20.1. The minimum atomic E-state index is -0.416. The van der Waals surface area contributed by atoms with Crippen LogP contribution in [0.15, 0.2) is 88.9 Å². The Morgan fingerprint density at radius 3 is 2.61 bits per heavy atom. The lowest BCUT2D eigenvalue weighted by molar-refractivity contribution is -0.117. The highest BCUT2D eigenvalue weighted by atomic mass is 32.2. The van der Waals surface area contributed by atoms with Crippen molar-refractivity contribution in [1.82, 2.24) is 20.3 Å². The molecule has 2 atom stereocenters. The minimum absolute atomic E-state index is 0.0214. The fourth-order valence-corrected chi connectivity index (χ4v) is 7.28. The predicted molar refractivity (Wildman–Crippen MR) is 168 cm³/mol. The molecule has 2 N–H and O–H groups in total. The maximum Gasteiger partial charge on any atom is 0.248 e. The summed E-state index contributed by atoms with van der Waals surface area (Å²) in [5.74, 6) is 0.967. The van der Waals surface area contributed by atoms with Crippen LogP contribution in [0, 0.1) is 6.92 Å². The minimum Gasteiger partial charge on any atom is -0.368 e. The van der Waals surface area contributed by atoms with Crippen molar-refractivity contribution >= 4 is 39.2 Å². The van der Waals surface area contributed by atoms with Gasteiger partial charge in [-0.1, -0.05) is 70.0 Å². The zero-order chi connectivity index (χ0) is 28.2. The molecule has 0 aliphatic carbocycles. The van der Waals surface area contributed by atoms with E-state index in [9.17, 15) is 4.79 Å². The summed E-state index contributed by atoms with van der Waals surface area (Å²) in [7, 11) is -0.416. The van der Waals surface area contributed by atoms with Crippen molar-refractivity contribution < 1.29 is 4.79 Å². The number of aromatic nitrogens is 3. The molecular weight excluding hydrogens is 530 g/mol. The van der Waals surface area contributed by atoms with Crippen LogP contribution in [0.3, 0.4) is 0 Å². The van der Waals surface area contributed by atoms with E-state index in [1.165, 1.54) is 16.0 Å². The number of nitrogens with one attached hydrogen (secondary N) is 2. The van der Waals surface area contributed by atoms with Crippen molar-refractivity contribution in [1.29, 1.82) is 0 Å². The number of anilines is 2. The number of hydrogen-bond donors (Lipinski definition) is 2. The van der Waals surface area contributed by atoms with E-state index in [0.29, 0.717) is 6.42 Å². The Labute approximate surface area is 243 Å². The molecular formula is C32H35N7OS. The van der Waals surface area contributed by atoms with Gasteiger partial charge in [-0.2, -0.15) is 0 Å². The Morgan fingerprint density at radius 2 is 1.85 bits per heavy atom. The van der Waals surface area contributed by atoms with Gasteiger partial charge < -0.3 is 14.9 Å². The molecule has 1 aromatic heterocycles. The Bertz CT molecular complexity index is 1590. The number of carbonyl (C=O) groups excluding carboxylic acids is 1. The monoisotopic (exact) mass is 565 g/mol. The molecule has 0 radical (unpaired) electrons. The molecule has 1 amide bonds. The van der Waals surface area contributed by atoms with Gasteiger partial charge in [-0.25, -0.2) is 0 Å². The number of aryl methyl sites for hydroxylation is 3. The average Bonchev–Trinajstić information content (AvgIpc) is 3.69. The van der Waals surface area contributed by atoms with E-state index < -0.39 is 16.7 Å². The van der Waals surface area contributed by atoms with E-state index in [1.54, 1.807) is 0 Å². The molecule has 9 heteroatoms. The lowest BCUT2D eigenvalue weighted by atomic mass is 10.1. The molecule has 3 aromatic carbocycles. The molecule has 2 aliphatic heterocycles. The molecule has 1 unspecified atom stereocenters. The third-order valence-corrected chi connectivity index (χ3v) is 9.50. The van der Waals surface area contributed by atoms with E-state index in [4.69, 9.17) is 0 Å². The smallest absolute Gasteiger partial charge is 0.248 e. The lowest BCUT2D eigenvalue weighted by Crippen LogP contribution is -2.47. The van der Waals surface area contributed by atoms with Gasteiger partial charge in [0.2, 0.25) is 5.91 Å². The topological polar surface area (TPSA) is 87.4 Å². The van der Waals surface area contributed by atoms with Crippen LogP contribution in [0.2, 0.25) is 0 Å². The maximum absolute atomic E-state index is 13.5. The van der Waals surface area contributed by atoms with Gasteiger partial charge in [-0.05, 0) is 61.9 Å². The van der Waals surface area contributed by atoms with Crippen LogP contribution in [-0.2, 0) is 24.2 Å². The van der Waals surface area contributed by atoms with Gasteiger partial charge in [0.1, 0.15) is 11.9 Å². The number of benzene rings is 3. The largest absolute Gasteiger partial charge is 0.368 e. The van der Waals surface area contributed by atoms with E-state index in [-0.39, 0.29) is 5.91 Å². The maximum atomic E-state index is 13.5. The lowest BCUT2D eigenvalue weighted by Gasteiger charge is -2.39. The molecule has 8 nitrogen and oxygen atoms in total. The van der Waals surface area contributed by atoms with Crippen LogP contribution >= 0.6 is 10.7 Å². The zero-order valence-electron chi connectivity index (χ0n) is 23.5. The van der Waals surface area contributed by atoms with E-state index in [2.05, 4.69) is 104 Å². The number of rotatable bonds is 9. The number of amidine groups is 1. The number of hydrogen-bond acceptors (Lipinski definition) is 6. The van der Waals surface area contributed by atoms with Crippen molar-refractivity contribution in [3.8, 4) is 0 Å². The molecule has 6 rings (SSSR count). The SMILES string of the molecule is C/C=S(\c1ccc(C)cc1)N1c2ccccc2NC(=O)[C@H]1Cc1cn(CCCc2ccc(C3=NCCN3)cc2)nn1. The second-order valence-corrected chi connectivity index (χ2v) is 12.3. The van der Waals surface area contributed by atoms with Crippen LogP contribution in [0.4, 0.5) is 11.4 Å². The van der Waals surface area contributed by atoms with Crippen LogP contribution in [0.25, 0.3) is 0 Å². The van der Waals surface area contributed by atoms with Crippen LogP contribution in [0.1, 0.15) is 35.7 Å². The summed E-state index contributed by atoms with van der Waals surface area (Å²) in [6.45, 7) is 6.69. The molecule has 41 heavy (non-hydrogen) atoms. The number of nitrogens with zero attached hydrogens (tertiary/aromatic N) is 5. The van der Waals surface area contributed by atoms with Gasteiger partial charge in [-0.15, -0.1) is 5.10 Å². The highest BCUT2D eigenvalue weighted by molar-refractivity contribution is 8.16. The number of para-hydroxylation sites is 2. The standard InChI is InChI=1S/C32H35N7OS/c1-3-41(27-16-10-23(2)11-17-27)39-29-9-5-4-8-28(29)35-32(40)30(39)21-26-22-38(37-36-26)20-6-7-24-12-14-25(15-13-24)31-33-18-19-34-31/h3-5,8-17,22,30H,6-7,18-21H2,1-2H3,(H,33,34)(H,35,40)/t30-,41?/m1/s1. The molecule has 2 aliphatic rings. The number of fused-ring (bicyclic) bond motifs is 1. The Morgan fingerprint density at radius 1 is 1.05 bits per heavy atom. The van der Waals surface area contributed by atoms with Gasteiger partial charge >= 0.3 is 0 Å². The summed E-state index contributed by atoms with van der Waals surface area (Å²) in [4.78, 5) is 19.2. The Kier molecular flexibility index (Phi) is 7.95. The fourth-order valence-electron chi connectivity index (χ4n) is 5.33. The summed E-state index contributed by atoms with van der Waals surface area (Å²) >= 11 is 0. The molecule has 0 saturated carbocycles. The fraction of sp³-hybridized carbons (Fsp3) is 0.281. The first kappa shape index (κ1) is 27.0. The average molecular weight is 566 g/mol. The van der Waals surface area contributed by atoms with E-state index in [0.717, 1.165) is 60.9 Å². The second kappa shape index (κ2) is 12.1. The summed E-state index contributed by atoms with van der Waals surface area (Å²) in [6.07, 6.45) is 4.37. The zero-order valence-corrected chi connectivity index (χ0v) is 24.3. The van der Waals surface area contributed by atoms with Gasteiger partial charge in [0.05, 0.1) is 23.6 Å². The van der Waals surface area contributed by atoms with E-state index >= 15 is 0 Å². The predicted octanol–water partition coefficient (Wildman–Crippen LogP) is 5.00. The third-order valence-electron chi connectivity index (χ3n) is 7.43. The summed E-state index contributed by atoms with van der Waals surface area (Å²) in [5.41, 5.74) is 6.32. The third kappa shape index (κ3) is 5.95. The molecule has 0 fully saturated rings. The van der Waals surface area contributed by atoms with Crippen LogP contribution in [-0.4, -0.2) is 51.2 Å². The number of carbonyl (C=O) groups is 1. The second-order valence-electron chi connectivity index (χ2n) is 10.3. The van der Waals surface area contributed by atoms with Crippen molar-refractivity contribution in [2.24, 2.45) is 4.99 Å². The highest BCUT2D eigenvalue weighted by Gasteiger charge is 2.35. The Balaban J connectivity index is 1.15. The highest BCUT2D eigenvalue weighted by Crippen LogP contribution is 2.43. The molecule has 0 saturated heterocycles. The van der Waals surface area contributed by atoms with Gasteiger partial charge in [0.25, 0.3) is 0 Å². The first-order valence-corrected chi connectivity index (χ1v) is 15.4. The quantitative estimate of drug-likeness (QED) is 0.279. The molecule has 4 aromatic rings. The van der Waals surface area contributed by atoms with Crippen molar-refractivity contribution in [3.63, 3.8) is 0 Å². The van der Waals surface area contributed by atoms with Crippen molar-refractivity contribution in [2.45, 2.75) is 50.6 Å². The van der Waals surface area contributed by atoms with Crippen molar-refractivity contribution in [2.75, 3.05) is 22.7 Å². The van der Waals surface area contributed by atoms with Gasteiger partial charge in [0, 0.05) is 36.2 Å². The normalized spacial score (nSPS) is 17.1. The molecule has 3 heterocycles. The molecule has 210 valence electrons. The number of amides is 1. The molecule has 0 bridgehead atoms. The van der Waals surface area contributed by atoms with Crippen LogP contribution in [0.5, 0.6) is 0 Å². The summed E-state index contributed by atoms with van der Waals surface area (Å²) in [6, 6.07) is 24.8.